The average Bonchev–Trinajstić information content (AvgIpc) is 3.35. The summed E-state index contributed by atoms with van der Waals surface area (Å²) < 4.78 is 32.2. The van der Waals surface area contributed by atoms with Crippen molar-refractivity contribution in [1.29, 1.82) is 0 Å². The first-order valence-corrected chi connectivity index (χ1v) is 11.9. The lowest BCUT2D eigenvalue weighted by molar-refractivity contribution is -0.125. The minimum absolute atomic E-state index is 0.0348. The Morgan fingerprint density at radius 2 is 1.92 bits per heavy atom. The molecule has 0 aliphatic rings. The third-order valence-electron chi connectivity index (χ3n) is 5.70. The van der Waals surface area contributed by atoms with Gasteiger partial charge in [0, 0.05) is 55.7 Å². The van der Waals surface area contributed by atoms with Crippen LogP contribution in [0.25, 0.3) is 34.0 Å². The number of aromatic amines is 1. The summed E-state index contributed by atoms with van der Waals surface area (Å²) in [5.41, 5.74) is 7.92. The van der Waals surface area contributed by atoms with E-state index in [1.54, 1.807) is 24.4 Å². The molecular weight excluding hydrogens is 510 g/mol. The topological polar surface area (TPSA) is 164 Å². The van der Waals surface area contributed by atoms with Crippen LogP contribution in [0.5, 0.6) is 5.75 Å². The molecule has 13 heteroatoms. The van der Waals surface area contributed by atoms with Crippen molar-refractivity contribution in [2.75, 3.05) is 31.3 Å². The van der Waals surface area contributed by atoms with Crippen molar-refractivity contribution in [1.82, 2.24) is 30.2 Å². The van der Waals surface area contributed by atoms with Gasteiger partial charge in [-0.05, 0) is 19.1 Å². The van der Waals surface area contributed by atoms with Gasteiger partial charge in [0.25, 0.3) is 5.92 Å². The van der Waals surface area contributed by atoms with E-state index in [1.807, 2.05) is 6.92 Å². The van der Waals surface area contributed by atoms with Crippen LogP contribution in [0.2, 0.25) is 0 Å². The second-order valence-corrected chi connectivity index (χ2v) is 8.95. The predicted octanol–water partition coefficient (Wildman–Crippen LogP) is 3.56. The maximum atomic E-state index is 13.7. The molecule has 204 valence electrons. The lowest BCUT2D eigenvalue weighted by Gasteiger charge is -2.14. The predicted molar refractivity (Wildman–Crippen MR) is 142 cm³/mol. The smallest absolute Gasteiger partial charge is 0.270 e. The number of hydrogen-bond donors (Lipinski definition) is 5. The summed E-state index contributed by atoms with van der Waals surface area (Å²) in [5.74, 6) is -2.77. The van der Waals surface area contributed by atoms with Gasteiger partial charge in [-0.25, -0.2) is 28.7 Å². The molecule has 0 saturated heterocycles. The molecule has 1 atom stereocenters. The van der Waals surface area contributed by atoms with E-state index in [2.05, 4.69) is 35.6 Å². The minimum atomic E-state index is -2.97. The van der Waals surface area contributed by atoms with Gasteiger partial charge < -0.3 is 31.2 Å². The summed E-state index contributed by atoms with van der Waals surface area (Å²) in [7, 11) is 1.44. The van der Waals surface area contributed by atoms with Crippen molar-refractivity contribution in [2.24, 2.45) is 0 Å². The van der Waals surface area contributed by atoms with Crippen molar-refractivity contribution < 1.29 is 23.4 Å². The number of halogens is 2. The Bertz CT molecular complexity index is 1450. The molecule has 0 unspecified atom stereocenters. The SMILES string of the molecule is COCC(=O)N[C@@H](C)CNc1nccc(-c2[nH]c(-c3ccc(C(C)(F)F)cc3)nc2-c2cnc(N)c(O)c2)n1. The number of aromatic nitrogens is 5. The van der Waals surface area contributed by atoms with Crippen molar-refractivity contribution in [3.05, 3.63) is 54.4 Å². The van der Waals surface area contributed by atoms with Crippen LogP contribution >= 0.6 is 0 Å². The Hall–Kier alpha value is -4.65. The number of nitrogens with one attached hydrogen (secondary N) is 3. The minimum Gasteiger partial charge on any atom is -0.504 e. The Kier molecular flexibility index (Phi) is 8.00. The monoisotopic (exact) mass is 538 g/mol. The van der Waals surface area contributed by atoms with Crippen LogP contribution in [-0.4, -0.2) is 62.2 Å². The largest absolute Gasteiger partial charge is 0.504 e. The van der Waals surface area contributed by atoms with Gasteiger partial charge in [-0.1, -0.05) is 24.3 Å². The van der Waals surface area contributed by atoms with Crippen molar-refractivity contribution >= 4 is 17.7 Å². The number of benzene rings is 1. The van der Waals surface area contributed by atoms with E-state index in [0.717, 1.165) is 6.92 Å². The molecule has 0 saturated carbocycles. The molecule has 0 spiro atoms. The summed E-state index contributed by atoms with van der Waals surface area (Å²) >= 11 is 0. The van der Waals surface area contributed by atoms with Gasteiger partial charge in [0.05, 0.1) is 11.4 Å². The number of imidazole rings is 1. The van der Waals surface area contributed by atoms with Crippen LogP contribution in [0.4, 0.5) is 20.5 Å². The summed E-state index contributed by atoms with van der Waals surface area (Å²) in [6, 6.07) is 8.64. The molecule has 1 aromatic carbocycles. The molecule has 39 heavy (non-hydrogen) atoms. The Labute approximate surface area is 222 Å². The lowest BCUT2D eigenvalue weighted by atomic mass is 10.1. The summed E-state index contributed by atoms with van der Waals surface area (Å²) in [4.78, 5) is 32.4. The number of methoxy groups -OCH3 is 1. The number of ether oxygens (including phenoxy) is 1. The zero-order valence-electron chi connectivity index (χ0n) is 21.5. The molecule has 0 aliphatic heterocycles. The van der Waals surface area contributed by atoms with E-state index in [1.165, 1.54) is 31.5 Å². The van der Waals surface area contributed by atoms with E-state index in [9.17, 15) is 18.7 Å². The van der Waals surface area contributed by atoms with Crippen molar-refractivity contribution in [2.45, 2.75) is 25.8 Å². The first-order valence-electron chi connectivity index (χ1n) is 11.9. The lowest BCUT2D eigenvalue weighted by Crippen LogP contribution is -2.39. The second kappa shape index (κ2) is 11.4. The molecule has 4 rings (SSSR count). The van der Waals surface area contributed by atoms with E-state index in [4.69, 9.17) is 10.5 Å². The van der Waals surface area contributed by atoms with Gasteiger partial charge in [-0.2, -0.15) is 0 Å². The summed E-state index contributed by atoms with van der Waals surface area (Å²) in [5, 5.41) is 16.0. The highest BCUT2D eigenvalue weighted by Crippen LogP contribution is 2.35. The number of carbonyl (C=O) groups is 1. The van der Waals surface area contributed by atoms with Gasteiger partial charge in [0.15, 0.2) is 11.6 Å². The zero-order valence-corrected chi connectivity index (χ0v) is 21.5. The Balaban J connectivity index is 1.68. The third kappa shape index (κ3) is 6.62. The van der Waals surface area contributed by atoms with Gasteiger partial charge >= 0.3 is 0 Å². The van der Waals surface area contributed by atoms with E-state index in [0.29, 0.717) is 46.5 Å². The molecule has 3 aromatic heterocycles. The number of alkyl halides is 2. The standard InChI is InChI=1S/C26H28F2N8O3/c1-14(33-20(38)13-39-3)11-32-25-30-9-8-18(34-25)22-21(16-10-19(37)23(29)31-12-16)35-24(36-22)15-4-6-17(7-5-15)26(2,27)28/h4-10,12,14,37H,11,13H2,1-3H3,(H2,29,31)(H,33,38)(H,35,36)(H,30,32,34)/t14-/m0/s1. The van der Waals surface area contributed by atoms with Crippen LogP contribution < -0.4 is 16.4 Å². The second-order valence-electron chi connectivity index (χ2n) is 8.95. The maximum absolute atomic E-state index is 13.7. The number of nitrogens with zero attached hydrogens (tertiary/aromatic N) is 4. The number of rotatable bonds is 10. The van der Waals surface area contributed by atoms with Crippen LogP contribution in [0.1, 0.15) is 19.4 Å². The highest BCUT2D eigenvalue weighted by atomic mass is 19.3. The van der Waals surface area contributed by atoms with E-state index in [-0.39, 0.29) is 35.7 Å². The van der Waals surface area contributed by atoms with Gasteiger partial charge in [-0.3, -0.25) is 4.79 Å². The fourth-order valence-corrected chi connectivity index (χ4v) is 3.74. The van der Waals surface area contributed by atoms with Crippen LogP contribution in [0.3, 0.4) is 0 Å². The number of H-pyrrole nitrogens is 1. The number of nitrogen functional groups attached to an aromatic ring is 1. The number of aromatic hydroxyl groups is 1. The molecule has 0 radical (unpaired) electrons. The molecule has 1 amide bonds. The van der Waals surface area contributed by atoms with Crippen molar-refractivity contribution in [3.63, 3.8) is 0 Å². The average molecular weight is 539 g/mol. The Morgan fingerprint density at radius 1 is 1.18 bits per heavy atom. The number of pyridine rings is 1. The van der Waals surface area contributed by atoms with Crippen LogP contribution in [-0.2, 0) is 15.5 Å². The number of anilines is 2. The van der Waals surface area contributed by atoms with E-state index < -0.39 is 5.92 Å². The zero-order chi connectivity index (χ0) is 28.2. The van der Waals surface area contributed by atoms with Crippen molar-refractivity contribution in [3.8, 4) is 39.8 Å². The number of hydrogen-bond acceptors (Lipinski definition) is 9. The summed E-state index contributed by atoms with van der Waals surface area (Å²) in [6.45, 7) is 2.97. The number of amides is 1. The first-order chi connectivity index (χ1) is 18.5. The first kappa shape index (κ1) is 27.4. The third-order valence-corrected chi connectivity index (χ3v) is 5.70. The highest BCUT2D eigenvalue weighted by molar-refractivity contribution is 5.81. The molecule has 0 aliphatic carbocycles. The Morgan fingerprint density at radius 3 is 2.59 bits per heavy atom. The van der Waals surface area contributed by atoms with Crippen LogP contribution in [0, 0.1) is 0 Å². The van der Waals surface area contributed by atoms with Crippen LogP contribution in [0.15, 0.2) is 48.8 Å². The fraction of sp³-hybridized carbons (Fsp3) is 0.269. The molecule has 6 N–H and O–H groups in total. The van der Waals surface area contributed by atoms with Gasteiger partial charge in [-0.15, -0.1) is 0 Å². The summed E-state index contributed by atoms with van der Waals surface area (Å²) in [6.07, 6.45) is 3.02. The number of carbonyl (C=O) groups excluding carboxylic acids is 1. The maximum Gasteiger partial charge on any atom is 0.270 e. The van der Waals surface area contributed by atoms with Gasteiger partial charge in [0.1, 0.15) is 18.1 Å². The van der Waals surface area contributed by atoms with Gasteiger partial charge in [0.2, 0.25) is 11.9 Å². The normalized spacial score (nSPS) is 12.2. The molecular formula is C26H28F2N8O3. The molecule has 11 nitrogen and oxygen atoms in total. The van der Waals surface area contributed by atoms with E-state index >= 15 is 0 Å². The molecule has 3 heterocycles. The molecule has 0 bridgehead atoms. The quantitative estimate of drug-likeness (QED) is 0.203. The fourth-order valence-electron chi connectivity index (χ4n) is 3.74. The molecule has 0 fully saturated rings. The molecule has 4 aromatic rings. The number of nitrogens with two attached hydrogens (primary N) is 1. The highest BCUT2D eigenvalue weighted by Gasteiger charge is 2.24.